The summed E-state index contributed by atoms with van der Waals surface area (Å²) in [6, 6.07) is 14.1. The minimum Gasteiger partial charge on any atom is -0.308 e. The zero-order chi connectivity index (χ0) is 22.0. The third-order valence-corrected chi connectivity index (χ3v) is 6.15. The molecule has 0 saturated carbocycles. The largest absolute Gasteiger partial charge is 0.308 e. The first kappa shape index (κ1) is 21.4. The molecule has 1 amide bonds. The van der Waals surface area contributed by atoms with Crippen LogP contribution >= 0.6 is 35.0 Å². The smallest absolute Gasteiger partial charge is 0.261 e. The lowest BCUT2D eigenvalue weighted by Crippen LogP contribution is -2.21. The molecule has 0 spiro atoms. The van der Waals surface area contributed by atoms with E-state index in [1.807, 2.05) is 12.1 Å². The molecule has 2 heterocycles. The quantitative estimate of drug-likeness (QED) is 0.334. The van der Waals surface area contributed by atoms with Gasteiger partial charge in [0.2, 0.25) is 5.91 Å². The fourth-order valence-corrected chi connectivity index (χ4v) is 4.22. The summed E-state index contributed by atoms with van der Waals surface area (Å²) in [7, 11) is 1.64. The van der Waals surface area contributed by atoms with Crippen molar-refractivity contribution in [1.29, 1.82) is 0 Å². The molecule has 7 nitrogen and oxygen atoms in total. The van der Waals surface area contributed by atoms with E-state index in [1.165, 1.54) is 16.3 Å². The number of carbonyl (C=O) groups excluding carboxylic acids is 1. The van der Waals surface area contributed by atoms with Crippen LogP contribution in [-0.2, 0) is 18.4 Å². The topological polar surface area (TPSA) is 81.8 Å². The molecule has 4 aromatic rings. The van der Waals surface area contributed by atoms with Crippen LogP contribution in [0.5, 0.6) is 0 Å². The number of rotatable bonds is 6. The van der Waals surface area contributed by atoms with Crippen LogP contribution in [0.25, 0.3) is 10.9 Å². The molecule has 0 radical (unpaired) electrons. The molecule has 0 atom stereocenters. The summed E-state index contributed by atoms with van der Waals surface area (Å²) in [5.74, 6) is 0.271. The fraction of sp³-hybridized carbons (Fsp3) is 0.143. The fourth-order valence-electron chi connectivity index (χ4n) is 2.98. The van der Waals surface area contributed by atoms with Gasteiger partial charge in [0.25, 0.3) is 5.56 Å². The Morgan fingerprint density at radius 3 is 2.77 bits per heavy atom. The second-order valence-corrected chi connectivity index (χ2v) is 8.53. The molecule has 1 N–H and O–H groups in total. The van der Waals surface area contributed by atoms with E-state index >= 15 is 0 Å². The highest BCUT2D eigenvalue weighted by Crippen LogP contribution is 2.22. The van der Waals surface area contributed by atoms with Gasteiger partial charge in [0, 0.05) is 29.4 Å². The zero-order valence-electron chi connectivity index (χ0n) is 16.4. The summed E-state index contributed by atoms with van der Waals surface area (Å²) in [4.78, 5) is 29.3. The molecule has 2 aromatic carbocycles. The molecule has 2 aromatic heterocycles. The van der Waals surface area contributed by atoms with Gasteiger partial charge in [-0.2, -0.15) is 5.10 Å². The van der Waals surface area contributed by atoms with Crippen molar-refractivity contribution >= 4 is 57.6 Å². The number of thioether (sulfide) groups is 1. The molecular weight excluding hydrogens is 457 g/mol. The van der Waals surface area contributed by atoms with Gasteiger partial charge < -0.3 is 5.32 Å². The first-order valence-electron chi connectivity index (χ1n) is 9.26. The van der Waals surface area contributed by atoms with E-state index < -0.39 is 0 Å². The maximum Gasteiger partial charge on any atom is 0.261 e. The number of anilines is 1. The van der Waals surface area contributed by atoms with Gasteiger partial charge in [-0.05, 0) is 29.8 Å². The summed E-state index contributed by atoms with van der Waals surface area (Å²) in [5.41, 5.74) is 1.33. The van der Waals surface area contributed by atoms with E-state index in [-0.39, 0.29) is 17.2 Å². The van der Waals surface area contributed by atoms with E-state index in [4.69, 9.17) is 23.2 Å². The Bertz CT molecular complexity index is 1340. The molecule has 158 valence electrons. The lowest BCUT2D eigenvalue weighted by Gasteiger charge is -2.08. The molecule has 0 unspecified atom stereocenters. The summed E-state index contributed by atoms with van der Waals surface area (Å²) < 4.78 is 3.12. The molecule has 31 heavy (non-hydrogen) atoms. The number of hydrogen-bond donors (Lipinski definition) is 1. The first-order valence-corrected chi connectivity index (χ1v) is 11.0. The van der Waals surface area contributed by atoms with Crippen LogP contribution in [0.1, 0.15) is 5.56 Å². The third-order valence-electron chi connectivity index (χ3n) is 4.53. The first-order chi connectivity index (χ1) is 14.9. The van der Waals surface area contributed by atoms with Crippen molar-refractivity contribution in [1.82, 2.24) is 19.3 Å². The summed E-state index contributed by atoms with van der Waals surface area (Å²) in [6.07, 6.45) is 1.75. The Morgan fingerprint density at radius 2 is 1.97 bits per heavy atom. The van der Waals surface area contributed by atoms with E-state index in [2.05, 4.69) is 15.4 Å². The van der Waals surface area contributed by atoms with Crippen LogP contribution in [0, 0.1) is 0 Å². The molecule has 0 bridgehead atoms. The number of aromatic nitrogens is 4. The van der Waals surface area contributed by atoms with Crippen LogP contribution < -0.4 is 10.9 Å². The van der Waals surface area contributed by atoms with Crippen molar-refractivity contribution < 1.29 is 4.79 Å². The minimum absolute atomic E-state index is 0.0918. The van der Waals surface area contributed by atoms with Gasteiger partial charge in [-0.1, -0.05) is 53.2 Å². The van der Waals surface area contributed by atoms with E-state index in [0.29, 0.717) is 38.5 Å². The number of benzene rings is 2. The number of para-hydroxylation sites is 1. The van der Waals surface area contributed by atoms with Crippen molar-refractivity contribution in [2.24, 2.45) is 7.05 Å². The highest BCUT2D eigenvalue weighted by molar-refractivity contribution is 7.99. The van der Waals surface area contributed by atoms with Gasteiger partial charge >= 0.3 is 0 Å². The van der Waals surface area contributed by atoms with Crippen LogP contribution in [0.3, 0.4) is 0 Å². The van der Waals surface area contributed by atoms with Gasteiger partial charge in [-0.3, -0.25) is 18.8 Å². The Kier molecular flexibility index (Phi) is 6.31. The van der Waals surface area contributed by atoms with E-state index in [1.54, 1.807) is 54.3 Å². The number of carbonyl (C=O) groups is 1. The Balaban J connectivity index is 1.39. The second-order valence-electron chi connectivity index (χ2n) is 6.75. The number of nitrogens with zero attached hydrogens (tertiary/aromatic N) is 4. The molecule has 4 rings (SSSR count). The van der Waals surface area contributed by atoms with Gasteiger partial charge in [0.05, 0.1) is 23.2 Å². The molecule has 0 aliphatic carbocycles. The van der Waals surface area contributed by atoms with Crippen LogP contribution in [0.4, 0.5) is 5.82 Å². The van der Waals surface area contributed by atoms with Crippen molar-refractivity contribution in [3.05, 3.63) is 80.7 Å². The van der Waals surface area contributed by atoms with Gasteiger partial charge in [-0.25, -0.2) is 4.98 Å². The molecule has 0 fully saturated rings. The Morgan fingerprint density at radius 1 is 1.16 bits per heavy atom. The highest BCUT2D eigenvalue weighted by atomic mass is 35.5. The maximum atomic E-state index is 12.5. The number of fused-ring (bicyclic) bond motifs is 1. The number of amides is 1. The Hall–Kier alpha value is -2.81. The molecular formula is C21H17Cl2N5O2S. The van der Waals surface area contributed by atoms with Crippen LogP contribution in [0.15, 0.2) is 64.7 Å². The van der Waals surface area contributed by atoms with Crippen LogP contribution in [0.2, 0.25) is 10.0 Å². The predicted molar refractivity (Wildman–Crippen MR) is 124 cm³/mol. The van der Waals surface area contributed by atoms with Crippen molar-refractivity contribution in [3.63, 3.8) is 0 Å². The molecule has 0 saturated heterocycles. The number of nitrogens with one attached hydrogen (secondary N) is 1. The van der Waals surface area contributed by atoms with Crippen molar-refractivity contribution in [3.8, 4) is 0 Å². The number of halogens is 2. The van der Waals surface area contributed by atoms with Crippen molar-refractivity contribution in [2.75, 3.05) is 11.1 Å². The van der Waals surface area contributed by atoms with E-state index in [0.717, 1.165) is 5.56 Å². The molecule has 10 heteroatoms. The average Bonchev–Trinajstić information content (AvgIpc) is 3.18. The number of hydrogen-bond acceptors (Lipinski definition) is 5. The molecule has 0 aliphatic heterocycles. The SMILES string of the molecule is Cn1c(SCC(=O)Nc2ccn(Cc3ccc(Cl)cc3Cl)n2)nc2ccccc2c1=O. The zero-order valence-corrected chi connectivity index (χ0v) is 18.7. The lowest BCUT2D eigenvalue weighted by molar-refractivity contribution is -0.113. The standard InChI is InChI=1S/C21H17Cl2N5O2S/c1-27-20(30)15-4-2-3-5-17(15)24-21(27)31-12-19(29)25-18-8-9-28(26-18)11-13-6-7-14(22)10-16(13)23/h2-10H,11-12H2,1H3,(H,25,26,29). The summed E-state index contributed by atoms with van der Waals surface area (Å²) in [6.45, 7) is 0.448. The predicted octanol–water partition coefficient (Wildman–Crippen LogP) is 4.22. The maximum absolute atomic E-state index is 12.5. The van der Waals surface area contributed by atoms with Crippen LogP contribution in [-0.4, -0.2) is 31.0 Å². The normalized spacial score (nSPS) is 11.1. The Labute approximate surface area is 192 Å². The summed E-state index contributed by atoms with van der Waals surface area (Å²) >= 11 is 13.3. The molecule has 0 aliphatic rings. The van der Waals surface area contributed by atoms with E-state index in [9.17, 15) is 9.59 Å². The second kappa shape index (κ2) is 9.13. The third kappa shape index (κ3) is 4.92. The van der Waals surface area contributed by atoms with Gasteiger partial charge in [0.15, 0.2) is 11.0 Å². The minimum atomic E-state index is -0.248. The highest BCUT2D eigenvalue weighted by Gasteiger charge is 2.12. The van der Waals surface area contributed by atoms with Crippen molar-refractivity contribution in [2.45, 2.75) is 11.7 Å². The van der Waals surface area contributed by atoms with Gasteiger partial charge in [-0.15, -0.1) is 0 Å². The lowest BCUT2D eigenvalue weighted by atomic mass is 10.2. The summed E-state index contributed by atoms with van der Waals surface area (Å²) in [5, 5.41) is 9.24. The monoisotopic (exact) mass is 473 g/mol. The average molecular weight is 474 g/mol. The van der Waals surface area contributed by atoms with Gasteiger partial charge in [0.1, 0.15) is 0 Å².